The van der Waals surface area contributed by atoms with E-state index in [1.165, 1.54) is 0 Å². The van der Waals surface area contributed by atoms with Gasteiger partial charge in [0.25, 0.3) is 0 Å². The molecule has 4 nitrogen and oxygen atoms in total. The van der Waals surface area contributed by atoms with Crippen LogP contribution in [0.5, 0.6) is 5.75 Å². The zero-order valence-electron chi connectivity index (χ0n) is 9.02. The van der Waals surface area contributed by atoms with Crippen LogP contribution in [-0.2, 0) is 4.79 Å². The van der Waals surface area contributed by atoms with Gasteiger partial charge in [-0.3, -0.25) is 9.78 Å². The zero-order valence-corrected chi connectivity index (χ0v) is 9.78. The van der Waals surface area contributed by atoms with Crippen LogP contribution in [0.3, 0.4) is 0 Å². The number of carbonyl (C=O) groups excluding carboxylic acids is 1. The minimum atomic E-state index is -0.392. The molecule has 0 aliphatic heterocycles. The summed E-state index contributed by atoms with van der Waals surface area (Å²) in [6.45, 7) is 0.239. The Labute approximate surface area is 103 Å². The molecule has 2 aromatic rings. The van der Waals surface area contributed by atoms with Gasteiger partial charge in [0.15, 0.2) is 0 Å². The van der Waals surface area contributed by atoms with E-state index in [2.05, 4.69) is 4.98 Å². The quantitative estimate of drug-likeness (QED) is 0.904. The standard InChI is InChI=1S/C12H11ClN2O2/c13-9-3-4-10(17-7-5-11(14)16)12-8(9)2-1-6-15-12/h1-4,6H,5,7H2,(H2,14,16). The molecule has 0 aliphatic rings. The van der Waals surface area contributed by atoms with Crippen molar-refractivity contribution in [1.82, 2.24) is 4.98 Å². The Morgan fingerprint density at radius 2 is 2.24 bits per heavy atom. The van der Waals surface area contributed by atoms with Crippen LogP contribution in [0, 0.1) is 0 Å². The van der Waals surface area contributed by atoms with E-state index in [-0.39, 0.29) is 13.0 Å². The number of benzene rings is 1. The molecule has 0 radical (unpaired) electrons. The fourth-order valence-electron chi connectivity index (χ4n) is 1.49. The lowest BCUT2D eigenvalue weighted by atomic mass is 10.2. The fraction of sp³-hybridized carbons (Fsp3) is 0.167. The minimum absolute atomic E-state index is 0.178. The Morgan fingerprint density at radius 3 is 3.00 bits per heavy atom. The number of hydrogen-bond donors (Lipinski definition) is 1. The summed E-state index contributed by atoms with van der Waals surface area (Å²) >= 11 is 6.04. The number of fused-ring (bicyclic) bond motifs is 1. The Hall–Kier alpha value is -1.81. The number of amides is 1. The summed E-state index contributed by atoms with van der Waals surface area (Å²) < 4.78 is 5.46. The highest BCUT2D eigenvalue weighted by Crippen LogP contribution is 2.29. The molecule has 0 unspecified atom stereocenters. The average Bonchev–Trinajstić information content (AvgIpc) is 2.32. The third-order valence-corrected chi connectivity index (χ3v) is 2.62. The number of pyridine rings is 1. The van der Waals surface area contributed by atoms with E-state index < -0.39 is 5.91 Å². The number of rotatable bonds is 4. The summed E-state index contributed by atoms with van der Waals surface area (Å²) in [6, 6.07) is 7.15. The highest BCUT2D eigenvalue weighted by Gasteiger charge is 2.06. The summed E-state index contributed by atoms with van der Waals surface area (Å²) in [6.07, 6.45) is 1.84. The summed E-state index contributed by atoms with van der Waals surface area (Å²) in [5.41, 5.74) is 5.72. The number of ether oxygens (including phenoxy) is 1. The monoisotopic (exact) mass is 250 g/mol. The summed E-state index contributed by atoms with van der Waals surface area (Å²) in [7, 11) is 0. The summed E-state index contributed by atoms with van der Waals surface area (Å²) in [4.78, 5) is 14.8. The number of halogens is 1. The van der Waals surface area contributed by atoms with E-state index >= 15 is 0 Å². The molecule has 1 aromatic carbocycles. The predicted molar refractivity (Wildman–Crippen MR) is 66.1 cm³/mol. The molecule has 17 heavy (non-hydrogen) atoms. The second-order valence-corrected chi connectivity index (χ2v) is 3.92. The van der Waals surface area contributed by atoms with Crippen molar-refractivity contribution in [2.45, 2.75) is 6.42 Å². The molecule has 1 heterocycles. The number of nitrogens with zero attached hydrogens (tertiary/aromatic N) is 1. The molecule has 2 rings (SSSR count). The normalized spacial score (nSPS) is 10.4. The Balaban J connectivity index is 2.28. The van der Waals surface area contributed by atoms with E-state index in [4.69, 9.17) is 22.1 Å². The molecule has 0 atom stereocenters. The van der Waals surface area contributed by atoms with Gasteiger partial charge in [0, 0.05) is 11.6 Å². The van der Waals surface area contributed by atoms with E-state index in [0.29, 0.717) is 16.3 Å². The molecule has 5 heteroatoms. The summed E-state index contributed by atoms with van der Waals surface area (Å²) in [5, 5.41) is 1.45. The van der Waals surface area contributed by atoms with Gasteiger partial charge in [0.2, 0.25) is 5.91 Å². The first-order valence-corrected chi connectivity index (χ1v) is 5.50. The van der Waals surface area contributed by atoms with Crippen molar-refractivity contribution >= 4 is 28.4 Å². The molecule has 0 fully saturated rings. The van der Waals surface area contributed by atoms with Crippen LogP contribution in [0.1, 0.15) is 6.42 Å². The summed E-state index contributed by atoms with van der Waals surface area (Å²) in [5.74, 6) is 0.211. The Bertz CT molecular complexity index is 557. The Morgan fingerprint density at radius 1 is 1.41 bits per heavy atom. The largest absolute Gasteiger partial charge is 0.491 e. The van der Waals surface area contributed by atoms with Crippen molar-refractivity contribution in [1.29, 1.82) is 0 Å². The van der Waals surface area contributed by atoms with E-state index in [1.807, 2.05) is 6.07 Å². The lowest BCUT2D eigenvalue weighted by Gasteiger charge is -2.08. The molecule has 1 amide bonds. The highest BCUT2D eigenvalue weighted by atomic mass is 35.5. The van der Waals surface area contributed by atoms with Crippen LogP contribution in [0.15, 0.2) is 30.5 Å². The first-order chi connectivity index (χ1) is 8.18. The van der Waals surface area contributed by atoms with Crippen LogP contribution in [0.4, 0.5) is 0 Å². The lowest BCUT2D eigenvalue weighted by molar-refractivity contribution is -0.118. The van der Waals surface area contributed by atoms with Crippen molar-refractivity contribution in [2.75, 3.05) is 6.61 Å². The molecule has 0 aliphatic carbocycles. The van der Waals surface area contributed by atoms with Crippen LogP contribution in [0.25, 0.3) is 10.9 Å². The van der Waals surface area contributed by atoms with Gasteiger partial charge in [-0.2, -0.15) is 0 Å². The second-order valence-electron chi connectivity index (χ2n) is 3.51. The van der Waals surface area contributed by atoms with Gasteiger partial charge in [-0.15, -0.1) is 0 Å². The van der Waals surface area contributed by atoms with Gasteiger partial charge >= 0.3 is 0 Å². The highest BCUT2D eigenvalue weighted by molar-refractivity contribution is 6.35. The van der Waals surface area contributed by atoms with Crippen LogP contribution < -0.4 is 10.5 Å². The second kappa shape index (κ2) is 5.01. The maximum absolute atomic E-state index is 10.6. The molecule has 0 saturated heterocycles. The molecule has 1 aromatic heterocycles. The lowest BCUT2D eigenvalue weighted by Crippen LogP contribution is -2.14. The molecule has 0 saturated carbocycles. The number of primary amides is 1. The zero-order chi connectivity index (χ0) is 12.3. The first-order valence-electron chi connectivity index (χ1n) is 5.13. The molecular formula is C12H11ClN2O2. The third-order valence-electron chi connectivity index (χ3n) is 2.29. The fourth-order valence-corrected chi connectivity index (χ4v) is 1.71. The number of hydrogen-bond acceptors (Lipinski definition) is 3. The smallest absolute Gasteiger partial charge is 0.220 e. The van der Waals surface area contributed by atoms with E-state index in [0.717, 1.165) is 5.39 Å². The van der Waals surface area contributed by atoms with Gasteiger partial charge in [-0.1, -0.05) is 11.6 Å². The number of aromatic nitrogens is 1. The molecule has 2 N–H and O–H groups in total. The van der Waals surface area contributed by atoms with Gasteiger partial charge in [-0.25, -0.2) is 0 Å². The number of nitrogens with two attached hydrogens (primary N) is 1. The van der Waals surface area contributed by atoms with Crippen molar-refractivity contribution in [3.63, 3.8) is 0 Å². The third kappa shape index (κ3) is 2.65. The SMILES string of the molecule is NC(=O)CCOc1ccc(Cl)c2cccnc12. The van der Waals surface area contributed by atoms with Gasteiger partial charge in [0.05, 0.1) is 18.1 Å². The molecule has 88 valence electrons. The maximum Gasteiger partial charge on any atom is 0.220 e. The molecular weight excluding hydrogens is 240 g/mol. The number of carbonyl (C=O) groups is 1. The Kier molecular flexibility index (Phi) is 3.44. The topological polar surface area (TPSA) is 65.2 Å². The van der Waals surface area contributed by atoms with Crippen LogP contribution >= 0.6 is 11.6 Å². The first kappa shape index (κ1) is 11.7. The average molecular weight is 251 g/mol. The van der Waals surface area contributed by atoms with Gasteiger partial charge in [0.1, 0.15) is 11.3 Å². The maximum atomic E-state index is 10.6. The van der Waals surface area contributed by atoms with Gasteiger partial charge < -0.3 is 10.5 Å². The van der Waals surface area contributed by atoms with Crippen molar-refractivity contribution < 1.29 is 9.53 Å². The van der Waals surface area contributed by atoms with Crippen LogP contribution in [0.2, 0.25) is 5.02 Å². The van der Waals surface area contributed by atoms with Crippen molar-refractivity contribution in [3.8, 4) is 5.75 Å². The van der Waals surface area contributed by atoms with Crippen molar-refractivity contribution in [3.05, 3.63) is 35.5 Å². The van der Waals surface area contributed by atoms with Gasteiger partial charge in [-0.05, 0) is 24.3 Å². The molecule has 0 spiro atoms. The van der Waals surface area contributed by atoms with E-state index in [9.17, 15) is 4.79 Å². The van der Waals surface area contributed by atoms with Crippen LogP contribution in [-0.4, -0.2) is 17.5 Å². The minimum Gasteiger partial charge on any atom is -0.491 e. The molecule has 0 bridgehead atoms. The van der Waals surface area contributed by atoms with E-state index in [1.54, 1.807) is 24.4 Å². The predicted octanol–water partition coefficient (Wildman–Crippen LogP) is 2.14. The van der Waals surface area contributed by atoms with Crippen molar-refractivity contribution in [2.24, 2.45) is 5.73 Å².